The molecule has 0 aliphatic carbocycles. The van der Waals surface area contributed by atoms with E-state index in [1.807, 2.05) is 30.3 Å². The molecule has 0 saturated carbocycles. The number of Topliss-reactive ketones (excluding diaryl/α,β-unsaturated/α-hetero) is 1. The Morgan fingerprint density at radius 3 is 2.21 bits per heavy atom. The lowest BCUT2D eigenvalue weighted by atomic mass is 10.1. The SMILES string of the molecule is O=C(O)CCC(=O)c1ccc(NC(=O)OCc2ccccc2)cc1. The number of nitrogens with one attached hydrogen (secondary N) is 1. The van der Waals surface area contributed by atoms with Crippen LogP contribution >= 0.6 is 0 Å². The van der Waals surface area contributed by atoms with Gasteiger partial charge in [0.15, 0.2) is 5.78 Å². The first-order chi connectivity index (χ1) is 11.5. The third-order valence-corrected chi connectivity index (χ3v) is 3.23. The van der Waals surface area contributed by atoms with Crippen molar-refractivity contribution < 1.29 is 24.2 Å². The molecule has 0 radical (unpaired) electrons. The number of hydrogen-bond acceptors (Lipinski definition) is 4. The van der Waals surface area contributed by atoms with Gasteiger partial charge in [0.2, 0.25) is 0 Å². The molecule has 0 aliphatic rings. The minimum absolute atomic E-state index is 0.0543. The lowest BCUT2D eigenvalue weighted by molar-refractivity contribution is -0.136. The Morgan fingerprint density at radius 2 is 1.58 bits per heavy atom. The molecule has 0 unspecified atom stereocenters. The van der Waals surface area contributed by atoms with Crippen LogP contribution in [0.25, 0.3) is 0 Å². The van der Waals surface area contributed by atoms with Gasteiger partial charge in [-0.25, -0.2) is 4.79 Å². The first-order valence-electron chi connectivity index (χ1n) is 7.37. The van der Waals surface area contributed by atoms with Crippen molar-refractivity contribution in [3.8, 4) is 0 Å². The molecule has 124 valence electrons. The summed E-state index contributed by atoms with van der Waals surface area (Å²) in [6, 6.07) is 15.5. The van der Waals surface area contributed by atoms with Crippen molar-refractivity contribution in [2.75, 3.05) is 5.32 Å². The van der Waals surface area contributed by atoms with Gasteiger partial charge in [0.1, 0.15) is 6.61 Å². The Bertz CT molecular complexity index is 710. The summed E-state index contributed by atoms with van der Waals surface area (Å²) in [5.41, 5.74) is 1.77. The van der Waals surface area contributed by atoms with Gasteiger partial charge in [-0.2, -0.15) is 0 Å². The molecule has 2 rings (SSSR count). The number of anilines is 1. The van der Waals surface area contributed by atoms with E-state index < -0.39 is 12.1 Å². The number of amides is 1. The normalized spacial score (nSPS) is 10.0. The maximum atomic E-state index is 11.8. The second-order valence-corrected chi connectivity index (χ2v) is 5.08. The number of rotatable bonds is 7. The van der Waals surface area contributed by atoms with Crippen LogP contribution in [0.15, 0.2) is 54.6 Å². The number of carbonyl (C=O) groups is 3. The van der Waals surface area contributed by atoms with Gasteiger partial charge < -0.3 is 9.84 Å². The van der Waals surface area contributed by atoms with E-state index in [1.165, 1.54) is 12.1 Å². The zero-order valence-corrected chi connectivity index (χ0v) is 12.9. The first kappa shape index (κ1) is 17.2. The van der Waals surface area contributed by atoms with E-state index in [4.69, 9.17) is 9.84 Å². The smallest absolute Gasteiger partial charge is 0.411 e. The second-order valence-electron chi connectivity index (χ2n) is 5.08. The van der Waals surface area contributed by atoms with Gasteiger partial charge in [0.25, 0.3) is 0 Å². The van der Waals surface area contributed by atoms with E-state index in [-0.39, 0.29) is 25.2 Å². The maximum absolute atomic E-state index is 11.8. The highest BCUT2D eigenvalue weighted by Gasteiger charge is 2.09. The van der Waals surface area contributed by atoms with Crippen molar-refractivity contribution in [3.63, 3.8) is 0 Å². The predicted molar refractivity (Wildman–Crippen MR) is 87.9 cm³/mol. The van der Waals surface area contributed by atoms with Crippen molar-refractivity contribution in [2.24, 2.45) is 0 Å². The van der Waals surface area contributed by atoms with E-state index in [2.05, 4.69) is 5.32 Å². The number of aliphatic carboxylic acids is 1. The third-order valence-electron chi connectivity index (χ3n) is 3.23. The molecule has 6 nitrogen and oxygen atoms in total. The van der Waals surface area contributed by atoms with Crippen LogP contribution in [0.1, 0.15) is 28.8 Å². The molecule has 0 fully saturated rings. The standard InChI is InChI=1S/C18H17NO5/c20-16(10-11-17(21)22)14-6-8-15(9-7-14)19-18(23)24-12-13-4-2-1-3-5-13/h1-9H,10-12H2,(H,19,23)(H,21,22). The van der Waals surface area contributed by atoms with Crippen LogP contribution in [-0.2, 0) is 16.1 Å². The molecule has 0 spiro atoms. The largest absolute Gasteiger partial charge is 0.481 e. The summed E-state index contributed by atoms with van der Waals surface area (Å²) >= 11 is 0. The van der Waals surface area contributed by atoms with Crippen molar-refractivity contribution in [2.45, 2.75) is 19.4 Å². The summed E-state index contributed by atoms with van der Waals surface area (Å²) < 4.78 is 5.09. The van der Waals surface area contributed by atoms with E-state index in [0.29, 0.717) is 11.3 Å². The molecule has 0 atom stereocenters. The number of carboxylic acids is 1. The molecule has 2 N–H and O–H groups in total. The molecule has 24 heavy (non-hydrogen) atoms. The van der Waals surface area contributed by atoms with Crippen LogP contribution in [0.3, 0.4) is 0 Å². The summed E-state index contributed by atoms with van der Waals surface area (Å²) in [7, 11) is 0. The second kappa shape index (κ2) is 8.47. The molecule has 0 aromatic heterocycles. The molecule has 0 saturated heterocycles. The fourth-order valence-electron chi connectivity index (χ4n) is 1.98. The van der Waals surface area contributed by atoms with E-state index in [1.54, 1.807) is 12.1 Å². The minimum Gasteiger partial charge on any atom is -0.481 e. The van der Waals surface area contributed by atoms with Crippen LogP contribution in [-0.4, -0.2) is 23.0 Å². The summed E-state index contributed by atoms with van der Waals surface area (Å²) in [4.78, 5) is 33.9. The molecular formula is C18H17NO5. The lowest BCUT2D eigenvalue weighted by Crippen LogP contribution is -2.13. The van der Waals surface area contributed by atoms with Gasteiger partial charge >= 0.3 is 12.1 Å². The monoisotopic (exact) mass is 327 g/mol. The Kier molecular flexibility index (Phi) is 6.08. The fraction of sp³-hybridized carbons (Fsp3) is 0.167. The predicted octanol–water partition coefficient (Wildman–Crippen LogP) is 3.48. The van der Waals surface area contributed by atoms with Gasteiger partial charge in [-0.15, -0.1) is 0 Å². The zero-order valence-electron chi connectivity index (χ0n) is 12.9. The van der Waals surface area contributed by atoms with E-state index in [9.17, 15) is 14.4 Å². The summed E-state index contributed by atoms with van der Waals surface area (Å²) in [5.74, 6) is -1.27. The summed E-state index contributed by atoms with van der Waals surface area (Å²) in [5, 5.41) is 11.1. The number of carbonyl (C=O) groups excluding carboxylic acids is 2. The number of ether oxygens (including phenoxy) is 1. The van der Waals surface area contributed by atoms with E-state index >= 15 is 0 Å². The van der Waals surface area contributed by atoms with Crippen LogP contribution in [0.2, 0.25) is 0 Å². The van der Waals surface area contributed by atoms with Gasteiger partial charge in [0.05, 0.1) is 6.42 Å². The average Bonchev–Trinajstić information content (AvgIpc) is 2.59. The minimum atomic E-state index is -1.01. The van der Waals surface area contributed by atoms with Crippen molar-refractivity contribution >= 4 is 23.5 Å². The van der Waals surface area contributed by atoms with Crippen LogP contribution in [0.4, 0.5) is 10.5 Å². The first-order valence-corrected chi connectivity index (χ1v) is 7.37. The van der Waals surface area contributed by atoms with Crippen LogP contribution in [0.5, 0.6) is 0 Å². The molecule has 1 amide bonds. The third kappa shape index (κ3) is 5.57. The zero-order chi connectivity index (χ0) is 17.4. The van der Waals surface area contributed by atoms with Gasteiger partial charge in [0, 0.05) is 17.7 Å². The summed E-state index contributed by atoms with van der Waals surface area (Å²) in [6.07, 6.45) is -0.852. The molecule has 0 aliphatic heterocycles. The molecule has 0 heterocycles. The highest BCUT2D eigenvalue weighted by molar-refractivity contribution is 5.98. The maximum Gasteiger partial charge on any atom is 0.411 e. The molecule has 2 aromatic carbocycles. The average molecular weight is 327 g/mol. The molecule has 6 heteroatoms. The van der Waals surface area contributed by atoms with Crippen LogP contribution in [0, 0.1) is 0 Å². The van der Waals surface area contributed by atoms with Gasteiger partial charge in [-0.05, 0) is 29.8 Å². The quantitative estimate of drug-likeness (QED) is 0.759. The highest BCUT2D eigenvalue weighted by Crippen LogP contribution is 2.13. The Labute approximate surface area is 139 Å². The Balaban J connectivity index is 1.83. The van der Waals surface area contributed by atoms with Crippen LogP contribution < -0.4 is 5.32 Å². The van der Waals surface area contributed by atoms with Gasteiger partial charge in [-0.3, -0.25) is 14.9 Å². The number of ketones is 1. The number of carboxylic acid groups (broad SMARTS) is 1. The number of hydrogen-bond donors (Lipinski definition) is 2. The van der Waals surface area contributed by atoms with Crippen molar-refractivity contribution in [1.82, 2.24) is 0 Å². The van der Waals surface area contributed by atoms with Gasteiger partial charge in [-0.1, -0.05) is 30.3 Å². The van der Waals surface area contributed by atoms with Crippen molar-refractivity contribution in [1.29, 1.82) is 0 Å². The number of benzene rings is 2. The lowest BCUT2D eigenvalue weighted by Gasteiger charge is -2.07. The van der Waals surface area contributed by atoms with E-state index in [0.717, 1.165) is 5.56 Å². The Morgan fingerprint density at radius 1 is 0.917 bits per heavy atom. The summed E-state index contributed by atoms with van der Waals surface area (Å²) in [6.45, 7) is 0.165. The highest BCUT2D eigenvalue weighted by atomic mass is 16.5. The molecule has 2 aromatic rings. The molecular weight excluding hydrogens is 310 g/mol. The topological polar surface area (TPSA) is 92.7 Å². The molecule has 0 bridgehead atoms. The fourth-order valence-corrected chi connectivity index (χ4v) is 1.98. The Hall–Kier alpha value is -3.15. The van der Waals surface area contributed by atoms with Crippen molar-refractivity contribution in [3.05, 3.63) is 65.7 Å².